The van der Waals surface area contributed by atoms with E-state index in [9.17, 15) is 4.79 Å². The molecule has 0 aliphatic heterocycles. The van der Waals surface area contributed by atoms with Gasteiger partial charge in [0.05, 0.1) is 0 Å². The topological polar surface area (TPSA) is 77.0 Å². The van der Waals surface area contributed by atoms with Gasteiger partial charge >= 0.3 is 0 Å². The van der Waals surface area contributed by atoms with Crippen molar-refractivity contribution < 1.29 is 10.0 Å². The summed E-state index contributed by atoms with van der Waals surface area (Å²) in [5.41, 5.74) is 3.74. The zero-order valence-corrected chi connectivity index (χ0v) is 18.4. The lowest BCUT2D eigenvalue weighted by atomic mass is 10.1. The van der Waals surface area contributed by atoms with E-state index in [4.69, 9.17) is 5.21 Å². The zero-order chi connectivity index (χ0) is 21.6. The Morgan fingerprint density at radius 1 is 1.21 bits per heavy atom. The van der Waals surface area contributed by atoms with Crippen LogP contribution in [0.5, 0.6) is 0 Å². The third kappa shape index (κ3) is 10.6. The number of carbonyl (C=O) groups excluding carboxylic acids is 1. The molecule has 3 N–H and O–H groups in total. The van der Waals surface area contributed by atoms with E-state index in [2.05, 4.69) is 73.2 Å². The molecule has 0 saturated heterocycles. The summed E-state index contributed by atoms with van der Waals surface area (Å²) in [7, 11) is 0. The van der Waals surface area contributed by atoms with Crippen LogP contribution >= 0.6 is 0 Å². The lowest BCUT2D eigenvalue weighted by Gasteiger charge is -2.30. The molecule has 0 aliphatic rings. The normalized spacial score (nSPS) is 13.9. The highest BCUT2D eigenvalue weighted by atomic mass is 16.5. The van der Waals surface area contributed by atoms with Crippen LogP contribution in [0.2, 0.25) is 0 Å². The molecule has 0 spiro atoms. The van der Waals surface area contributed by atoms with Crippen molar-refractivity contribution in [2.24, 2.45) is 4.99 Å². The molecule has 29 heavy (non-hydrogen) atoms. The first kappa shape index (κ1) is 24.6. The van der Waals surface area contributed by atoms with Crippen LogP contribution in [0.25, 0.3) is 0 Å². The molecule has 0 aliphatic carbocycles. The highest BCUT2D eigenvalue weighted by Crippen LogP contribution is 2.06. The fourth-order valence-electron chi connectivity index (χ4n) is 2.86. The van der Waals surface area contributed by atoms with Gasteiger partial charge in [-0.2, -0.15) is 0 Å². The minimum absolute atomic E-state index is 0.260. The van der Waals surface area contributed by atoms with Crippen LogP contribution in [0.15, 0.2) is 59.2 Å². The van der Waals surface area contributed by atoms with Crippen LogP contribution in [0, 0.1) is 0 Å². The van der Waals surface area contributed by atoms with Gasteiger partial charge < -0.3 is 5.32 Å². The molecule has 1 aromatic rings. The van der Waals surface area contributed by atoms with Gasteiger partial charge in [-0.25, -0.2) is 10.5 Å². The van der Waals surface area contributed by atoms with Crippen molar-refractivity contribution >= 4 is 11.7 Å². The fraction of sp³-hybridized carbons (Fsp3) is 0.478. The first-order chi connectivity index (χ1) is 13.8. The number of rotatable bonds is 11. The predicted octanol–water partition coefficient (Wildman–Crippen LogP) is 3.69. The quantitative estimate of drug-likeness (QED) is 0.132. The van der Waals surface area contributed by atoms with E-state index in [1.165, 1.54) is 11.6 Å². The van der Waals surface area contributed by atoms with Gasteiger partial charge in [0.2, 0.25) is 0 Å². The van der Waals surface area contributed by atoms with Crippen molar-refractivity contribution in [2.45, 2.75) is 59.5 Å². The maximum absolute atomic E-state index is 11.0. The number of amidine groups is 1. The Labute approximate surface area is 175 Å². The average molecular weight is 401 g/mol. The Kier molecular flexibility index (Phi) is 11.6. The van der Waals surface area contributed by atoms with Crippen LogP contribution in [0.3, 0.4) is 0 Å². The SMILES string of the molecule is CC\C(=N/C=C(C)/C=C/C(=O)NO)N[C@H](C)CN(CCc1ccccc1)C(C)C. The molecular formula is C23H36N4O2. The highest BCUT2D eigenvalue weighted by molar-refractivity contribution is 5.87. The van der Waals surface area contributed by atoms with Crippen LogP contribution in [0.4, 0.5) is 0 Å². The monoisotopic (exact) mass is 400 g/mol. The maximum atomic E-state index is 11.0. The Morgan fingerprint density at radius 3 is 2.48 bits per heavy atom. The number of nitrogens with zero attached hydrogens (tertiary/aromatic N) is 2. The lowest BCUT2D eigenvalue weighted by Crippen LogP contribution is -2.45. The van der Waals surface area contributed by atoms with E-state index >= 15 is 0 Å². The molecule has 160 valence electrons. The number of amides is 1. The molecule has 6 nitrogen and oxygen atoms in total. The molecule has 0 bridgehead atoms. The van der Waals surface area contributed by atoms with Gasteiger partial charge in [-0.05, 0) is 45.3 Å². The van der Waals surface area contributed by atoms with Crippen molar-refractivity contribution in [3.8, 4) is 0 Å². The summed E-state index contributed by atoms with van der Waals surface area (Å²) >= 11 is 0. The van der Waals surface area contributed by atoms with Crippen molar-refractivity contribution in [3.05, 3.63) is 59.8 Å². The van der Waals surface area contributed by atoms with E-state index in [0.717, 1.165) is 37.3 Å². The molecular weight excluding hydrogens is 364 g/mol. The Bertz CT molecular complexity index is 696. The number of carbonyl (C=O) groups is 1. The third-order valence-electron chi connectivity index (χ3n) is 4.55. The Morgan fingerprint density at radius 2 is 1.90 bits per heavy atom. The number of aliphatic imine (C=N–C) groups is 1. The maximum Gasteiger partial charge on any atom is 0.267 e. The van der Waals surface area contributed by atoms with Gasteiger partial charge in [0.25, 0.3) is 5.91 Å². The largest absolute Gasteiger partial charge is 0.370 e. The summed E-state index contributed by atoms with van der Waals surface area (Å²) in [5.74, 6) is 0.345. The number of nitrogens with one attached hydrogen (secondary N) is 2. The number of hydroxylamine groups is 1. The minimum Gasteiger partial charge on any atom is -0.370 e. The second-order valence-electron chi connectivity index (χ2n) is 7.48. The van der Waals surface area contributed by atoms with E-state index < -0.39 is 5.91 Å². The fourth-order valence-corrected chi connectivity index (χ4v) is 2.86. The molecule has 0 unspecified atom stereocenters. The summed E-state index contributed by atoms with van der Waals surface area (Å²) in [6, 6.07) is 11.3. The van der Waals surface area contributed by atoms with E-state index in [1.807, 2.05) is 6.92 Å². The summed E-state index contributed by atoms with van der Waals surface area (Å²) in [6.07, 6.45) is 6.41. The van der Waals surface area contributed by atoms with Crippen LogP contribution in [0.1, 0.15) is 46.6 Å². The van der Waals surface area contributed by atoms with Crippen molar-refractivity contribution in [2.75, 3.05) is 13.1 Å². The van der Waals surface area contributed by atoms with E-state index in [1.54, 1.807) is 17.8 Å². The van der Waals surface area contributed by atoms with Gasteiger partial charge in [0.1, 0.15) is 5.84 Å². The molecule has 0 radical (unpaired) electrons. The molecule has 1 amide bonds. The highest BCUT2D eigenvalue weighted by Gasteiger charge is 2.14. The molecule has 0 fully saturated rings. The van der Waals surface area contributed by atoms with Crippen LogP contribution in [-0.2, 0) is 11.2 Å². The first-order valence-corrected chi connectivity index (χ1v) is 10.3. The number of hydrogen-bond donors (Lipinski definition) is 3. The molecule has 0 heterocycles. The van der Waals surface area contributed by atoms with Crippen molar-refractivity contribution in [3.63, 3.8) is 0 Å². The number of benzene rings is 1. The third-order valence-corrected chi connectivity index (χ3v) is 4.55. The number of allylic oxidation sites excluding steroid dienone is 2. The molecule has 1 rings (SSSR count). The van der Waals surface area contributed by atoms with Crippen molar-refractivity contribution in [1.82, 2.24) is 15.7 Å². The first-order valence-electron chi connectivity index (χ1n) is 10.3. The zero-order valence-electron chi connectivity index (χ0n) is 18.4. The second kappa shape index (κ2) is 13.7. The molecule has 0 saturated carbocycles. The van der Waals surface area contributed by atoms with Gasteiger partial charge in [-0.3, -0.25) is 14.9 Å². The number of hydrogen-bond acceptors (Lipinski definition) is 4. The summed E-state index contributed by atoms with van der Waals surface area (Å²) in [6.45, 7) is 12.5. The lowest BCUT2D eigenvalue weighted by molar-refractivity contribution is -0.124. The molecule has 0 aromatic heterocycles. The molecule has 6 heteroatoms. The predicted molar refractivity (Wildman–Crippen MR) is 120 cm³/mol. The van der Waals surface area contributed by atoms with E-state index in [-0.39, 0.29) is 6.04 Å². The average Bonchev–Trinajstić information content (AvgIpc) is 2.72. The summed E-state index contributed by atoms with van der Waals surface area (Å²) < 4.78 is 0. The smallest absolute Gasteiger partial charge is 0.267 e. The second-order valence-corrected chi connectivity index (χ2v) is 7.48. The van der Waals surface area contributed by atoms with Gasteiger partial charge in [0, 0.05) is 43.9 Å². The van der Waals surface area contributed by atoms with Gasteiger partial charge in [-0.1, -0.05) is 43.3 Å². The standard InChI is InChI=1S/C23H36N4O2/c1-6-22(24-16-19(4)12-13-23(28)26-29)25-20(5)17-27(18(2)3)15-14-21-10-8-7-9-11-21/h7-13,16,18,20,29H,6,14-15,17H2,1-5H3,(H,24,25)(H,26,28)/b13-12+,19-16+/t20-/m1/s1. The van der Waals surface area contributed by atoms with Crippen molar-refractivity contribution in [1.29, 1.82) is 0 Å². The summed E-state index contributed by atoms with van der Waals surface area (Å²) in [4.78, 5) is 18.0. The molecule has 1 atom stereocenters. The van der Waals surface area contributed by atoms with Gasteiger partial charge in [0.15, 0.2) is 0 Å². The van der Waals surface area contributed by atoms with E-state index in [0.29, 0.717) is 6.04 Å². The van der Waals surface area contributed by atoms with Crippen LogP contribution < -0.4 is 10.8 Å². The van der Waals surface area contributed by atoms with Gasteiger partial charge in [-0.15, -0.1) is 0 Å². The summed E-state index contributed by atoms with van der Waals surface area (Å²) in [5, 5.41) is 12.0. The molecule has 1 aromatic carbocycles. The van der Waals surface area contributed by atoms with Crippen LogP contribution in [-0.4, -0.2) is 47.0 Å². The minimum atomic E-state index is -0.562. The Hall–Kier alpha value is -2.44. The Balaban J connectivity index is 2.63.